The minimum absolute atomic E-state index is 0.322. The van der Waals surface area contributed by atoms with E-state index in [1.165, 1.54) is 14.2 Å². The molecule has 1 heterocycles. The molecule has 0 bridgehead atoms. The molecule has 1 aromatic carbocycles. The van der Waals surface area contributed by atoms with E-state index in [0.29, 0.717) is 22.5 Å². The summed E-state index contributed by atoms with van der Waals surface area (Å²) in [6.45, 7) is 3.44. The minimum Gasteiger partial charge on any atom is -0.468 e. The Morgan fingerprint density at radius 1 is 1.12 bits per heavy atom. The Morgan fingerprint density at radius 2 is 1.75 bits per heavy atom. The average molecular weight is 326 g/mol. The van der Waals surface area contributed by atoms with Crippen LogP contribution in [0.4, 0.5) is 0 Å². The number of carbonyl (C=O) groups is 2. The molecule has 0 spiro atoms. The van der Waals surface area contributed by atoms with Crippen LogP contribution in [-0.2, 0) is 19.1 Å². The number of allylic oxidation sites excluding steroid dienone is 1. The summed E-state index contributed by atoms with van der Waals surface area (Å²) in [6, 6.07) is 8.80. The number of nitriles is 1. The van der Waals surface area contributed by atoms with Crippen molar-refractivity contribution in [2.75, 3.05) is 14.2 Å². The van der Waals surface area contributed by atoms with Crippen LogP contribution in [0, 0.1) is 17.2 Å². The van der Waals surface area contributed by atoms with Crippen molar-refractivity contribution in [1.82, 2.24) is 0 Å². The molecule has 1 aliphatic heterocycles. The van der Waals surface area contributed by atoms with E-state index in [9.17, 15) is 9.59 Å². The predicted molar refractivity (Wildman–Crippen MR) is 87.2 cm³/mol. The SMILES string of the molecule is COC(=O)C1=C(C)N=C(C)C(C(=O)OC)[C@@H]1c1ccc(C#N)cc1. The van der Waals surface area contributed by atoms with Gasteiger partial charge in [-0.1, -0.05) is 12.1 Å². The third-order valence-electron chi connectivity index (χ3n) is 4.09. The van der Waals surface area contributed by atoms with E-state index < -0.39 is 23.8 Å². The second-order valence-corrected chi connectivity index (χ2v) is 5.46. The van der Waals surface area contributed by atoms with Gasteiger partial charge in [-0.3, -0.25) is 9.79 Å². The largest absolute Gasteiger partial charge is 0.468 e. The third-order valence-corrected chi connectivity index (χ3v) is 4.09. The van der Waals surface area contributed by atoms with Crippen LogP contribution in [0.2, 0.25) is 0 Å². The molecule has 1 unspecified atom stereocenters. The zero-order valence-electron chi connectivity index (χ0n) is 14.0. The Labute approximate surface area is 140 Å². The summed E-state index contributed by atoms with van der Waals surface area (Å²) in [5, 5.41) is 8.95. The van der Waals surface area contributed by atoms with Crippen molar-refractivity contribution >= 4 is 17.7 Å². The summed E-state index contributed by atoms with van der Waals surface area (Å²) in [5.74, 6) is -2.30. The van der Waals surface area contributed by atoms with Gasteiger partial charge in [-0.2, -0.15) is 5.26 Å². The highest BCUT2D eigenvalue weighted by Gasteiger charge is 2.41. The Bertz CT molecular complexity index is 769. The first-order valence-electron chi connectivity index (χ1n) is 7.36. The summed E-state index contributed by atoms with van der Waals surface area (Å²) >= 11 is 0. The molecule has 2 atom stereocenters. The molecule has 0 amide bonds. The van der Waals surface area contributed by atoms with Gasteiger partial charge in [0.05, 0.1) is 31.4 Å². The smallest absolute Gasteiger partial charge is 0.336 e. The first-order chi connectivity index (χ1) is 11.4. The van der Waals surface area contributed by atoms with E-state index in [0.717, 1.165) is 5.56 Å². The fraction of sp³-hybridized carbons (Fsp3) is 0.333. The summed E-state index contributed by atoms with van der Waals surface area (Å²) < 4.78 is 9.79. The maximum absolute atomic E-state index is 12.3. The Balaban J connectivity index is 2.65. The zero-order chi connectivity index (χ0) is 17.9. The number of aliphatic imine (C=N–C) groups is 1. The molecule has 6 nitrogen and oxygen atoms in total. The number of esters is 2. The second kappa shape index (κ2) is 7.09. The molecule has 0 saturated carbocycles. The Kier molecular flexibility index (Phi) is 5.14. The van der Waals surface area contributed by atoms with E-state index in [-0.39, 0.29) is 0 Å². The molecule has 0 radical (unpaired) electrons. The first kappa shape index (κ1) is 17.4. The van der Waals surface area contributed by atoms with Gasteiger partial charge in [0.2, 0.25) is 0 Å². The van der Waals surface area contributed by atoms with Gasteiger partial charge < -0.3 is 9.47 Å². The zero-order valence-corrected chi connectivity index (χ0v) is 14.0. The molecule has 0 N–H and O–H groups in total. The lowest BCUT2D eigenvalue weighted by Gasteiger charge is -2.31. The number of hydrogen-bond donors (Lipinski definition) is 0. The van der Waals surface area contributed by atoms with Gasteiger partial charge in [0, 0.05) is 17.3 Å². The summed E-state index contributed by atoms with van der Waals surface area (Å²) in [7, 11) is 2.59. The summed E-state index contributed by atoms with van der Waals surface area (Å²) in [5.41, 5.74) is 2.62. The van der Waals surface area contributed by atoms with E-state index in [1.54, 1.807) is 38.1 Å². The topological polar surface area (TPSA) is 88.8 Å². The molecule has 2 rings (SSSR count). The number of carbonyl (C=O) groups excluding carboxylic acids is 2. The molecule has 0 aromatic heterocycles. The summed E-state index contributed by atoms with van der Waals surface area (Å²) in [6.07, 6.45) is 0. The van der Waals surface area contributed by atoms with E-state index in [4.69, 9.17) is 14.7 Å². The van der Waals surface area contributed by atoms with Crippen molar-refractivity contribution in [1.29, 1.82) is 5.26 Å². The van der Waals surface area contributed by atoms with Crippen molar-refractivity contribution < 1.29 is 19.1 Å². The molecule has 0 fully saturated rings. The fourth-order valence-electron chi connectivity index (χ4n) is 2.97. The van der Waals surface area contributed by atoms with Crippen LogP contribution in [0.15, 0.2) is 40.5 Å². The van der Waals surface area contributed by atoms with Gasteiger partial charge in [0.1, 0.15) is 5.92 Å². The van der Waals surface area contributed by atoms with Crippen molar-refractivity contribution in [3.63, 3.8) is 0 Å². The molecule has 6 heteroatoms. The number of nitrogens with zero attached hydrogens (tertiary/aromatic N) is 2. The normalized spacial score (nSPS) is 20.0. The Morgan fingerprint density at radius 3 is 2.25 bits per heavy atom. The van der Waals surface area contributed by atoms with E-state index in [2.05, 4.69) is 4.99 Å². The summed E-state index contributed by atoms with van der Waals surface area (Å²) in [4.78, 5) is 28.9. The standard InChI is InChI=1S/C18H18N2O4/c1-10-14(17(21)23-3)16(13-7-5-12(9-19)6-8-13)15(11(2)20-10)18(22)24-4/h5-8,14,16H,1-4H3/t14?,16-/m0/s1. The molecule has 0 aliphatic carbocycles. The van der Waals surface area contributed by atoms with Crippen molar-refractivity contribution in [3.05, 3.63) is 46.7 Å². The van der Waals surface area contributed by atoms with Crippen molar-refractivity contribution in [2.45, 2.75) is 19.8 Å². The van der Waals surface area contributed by atoms with Crippen LogP contribution >= 0.6 is 0 Å². The van der Waals surface area contributed by atoms with Gasteiger partial charge >= 0.3 is 11.9 Å². The van der Waals surface area contributed by atoms with Crippen molar-refractivity contribution in [2.24, 2.45) is 10.9 Å². The third kappa shape index (κ3) is 3.06. The molecule has 1 aromatic rings. The van der Waals surface area contributed by atoms with Gasteiger partial charge in [0.25, 0.3) is 0 Å². The molecule has 124 valence electrons. The monoisotopic (exact) mass is 326 g/mol. The fourth-order valence-corrected chi connectivity index (χ4v) is 2.97. The van der Waals surface area contributed by atoms with Gasteiger partial charge in [0.15, 0.2) is 0 Å². The maximum atomic E-state index is 12.3. The lowest BCUT2D eigenvalue weighted by Crippen LogP contribution is -2.36. The molecule has 0 saturated heterocycles. The predicted octanol–water partition coefficient (Wildman–Crippen LogP) is 2.35. The van der Waals surface area contributed by atoms with Crippen LogP contribution in [0.5, 0.6) is 0 Å². The lowest BCUT2D eigenvalue weighted by atomic mass is 9.75. The highest BCUT2D eigenvalue weighted by atomic mass is 16.5. The van der Waals surface area contributed by atoms with Gasteiger partial charge in [-0.25, -0.2) is 4.79 Å². The second-order valence-electron chi connectivity index (χ2n) is 5.46. The van der Waals surface area contributed by atoms with Crippen LogP contribution < -0.4 is 0 Å². The van der Waals surface area contributed by atoms with Crippen LogP contribution in [0.3, 0.4) is 0 Å². The molecule has 24 heavy (non-hydrogen) atoms. The highest BCUT2D eigenvalue weighted by molar-refractivity contribution is 6.06. The lowest BCUT2D eigenvalue weighted by molar-refractivity contribution is -0.143. The Hall–Kier alpha value is -2.94. The number of ether oxygens (including phenoxy) is 2. The molecule has 1 aliphatic rings. The van der Waals surface area contributed by atoms with Crippen LogP contribution in [0.25, 0.3) is 0 Å². The minimum atomic E-state index is -0.722. The van der Waals surface area contributed by atoms with Gasteiger partial charge in [-0.15, -0.1) is 0 Å². The van der Waals surface area contributed by atoms with E-state index >= 15 is 0 Å². The number of methoxy groups -OCH3 is 2. The number of hydrogen-bond acceptors (Lipinski definition) is 6. The van der Waals surface area contributed by atoms with Gasteiger partial charge in [-0.05, 0) is 31.5 Å². The molecular formula is C18H18N2O4. The average Bonchev–Trinajstić information content (AvgIpc) is 2.60. The maximum Gasteiger partial charge on any atom is 0.336 e. The highest BCUT2D eigenvalue weighted by Crippen LogP contribution is 2.39. The number of benzene rings is 1. The number of rotatable bonds is 3. The first-order valence-corrected chi connectivity index (χ1v) is 7.36. The van der Waals surface area contributed by atoms with Crippen molar-refractivity contribution in [3.8, 4) is 6.07 Å². The van der Waals surface area contributed by atoms with E-state index in [1.807, 2.05) is 6.07 Å². The van der Waals surface area contributed by atoms with Crippen LogP contribution in [-0.4, -0.2) is 31.9 Å². The molecular weight excluding hydrogens is 308 g/mol. The quantitative estimate of drug-likeness (QED) is 0.796. The van der Waals surface area contributed by atoms with Crippen LogP contribution in [0.1, 0.15) is 30.9 Å².